The van der Waals surface area contributed by atoms with Gasteiger partial charge >= 0.3 is 0 Å². The first-order valence-corrected chi connectivity index (χ1v) is 12.2. The second-order valence-corrected chi connectivity index (χ2v) is 11.9. The Labute approximate surface area is 205 Å². The van der Waals surface area contributed by atoms with Crippen molar-refractivity contribution in [3.8, 4) is 5.75 Å². The lowest BCUT2D eigenvalue weighted by Gasteiger charge is -2.49. The van der Waals surface area contributed by atoms with Crippen molar-refractivity contribution in [2.24, 2.45) is 10.8 Å². The van der Waals surface area contributed by atoms with Crippen molar-refractivity contribution >= 4 is 28.9 Å². The van der Waals surface area contributed by atoms with Gasteiger partial charge in [-0.3, -0.25) is 9.59 Å². The third-order valence-corrected chi connectivity index (χ3v) is 7.45. The molecule has 3 aliphatic rings. The Balaban J connectivity index is 1.83. The SMILES string of the molecule is CC1(C)CC(=O)C2=C(C1)N(c1cccc(O)c1)C1=C(C(=O)CC(C)(C)C1)C2c1ccc(Cl)cc1. The molecule has 2 aromatic rings. The number of phenols is 1. The van der Waals surface area contributed by atoms with Gasteiger partial charge in [0, 0.05) is 58.1 Å². The lowest BCUT2D eigenvalue weighted by molar-refractivity contribution is -0.119. The van der Waals surface area contributed by atoms with E-state index in [-0.39, 0.29) is 28.1 Å². The van der Waals surface area contributed by atoms with E-state index in [1.54, 1.807) is 12.1 Å². The van der Waals surface area contributed by atoms with Crippen molar-refractivity contribution in [1.82, 2.24) is 0 Å². The Morgan fingerprint density at radius 1 is 0.824 bits per heavy atom. The monoisotopic (exact) mass is 475 g/mol. The number of carbonyl (C=O) groups excluding carboxylic acids is 2. The number of benzene rings is 2. The van der Waals surface area contributed by atoms with E-state index >= 15 is 0 Å². The van der Waals surface area contributed by atoms with E-state index < -0.39 is 5.92 Å². The van der Waals surface area contributed by atoms with E-state index in [4.69, 9.17) is 11.6 Å². The van der Waals surface area contributed by atoms with Crippen LogP contribution in [0.3, 0.4) is 0 Å². The minimum Gasteiger partial charge on any atom is -0.508 e. The number of carbonyl (C=O) groups is 2. The summed E-state index contributed by atoms with van der Waals surface area (Å²) >= 11 is 6.19. The van der Waals surface area contributed by atoms with Crippen LogP contribution < -0.4 is 4.90 Å². The molecule has 0 atom stereocenters. The fraction of sp³-hybridized carbons (Fsp3) is 0.379. The number of aromatic hydroxyl groups is 1. The molecule has 0 fully saturated rings. The molecule has 0 unspecified atom stereocenters. The van der Waals surface area contributed by atoms with Crippen LogP contribution in [-0.2, 0) is 9.59 Å². The molecule has 176 valence electrons. The molecule has 1 aliphatic heterocycles. The molecular weight excluding hydrogens is 446 g/mol. The van der Waals surface area contributed by atoms with E-state index in [1.807, 2.05) is 36.4 Å². The third kappa shape index (κ3) is 3.88. The minimum atomic E-state index is -0.400. The lowest BCUT2D eigenvalue weighted by atomic mass is 9.63. The summed E-state index contributed by atoms with van der Waals surface area (Å²) in [5.41, 5.74) is 4.58. The Morgan fingerprint density at radius 2 is 1.35 bits per heavy atom. The zero-order valence-corrected chi connectivity index (χ0v) is 20.9. The first-order valence-electron chi connectivity index (χ1n) is 11.8. The highest BCUT2D eigenvalue weighted by Gasteiger charge is 2.49. The van der Waals surface area contributed by atoms with Crippen molar-refractivity contribution in [3.63, 3.8) is 0 Å². The maximum Gasteiger partial charge on any atom is 0.162 e. The van der Waals surface area contributed by atoms with Crippen molar-refractivity contribution in [1.29, 1.82) is 0 Å². The molecule has 0 radical (unpaired) electrons. The van der Waals surface area contributed by atoms with E-state index in [0.29, 0.717) is 41.9 Å². The summed E-state index contributed by atoms with van der Waals surface area (Å²) in [6.45, 7) is 8.47. The summed E-state index contributed by atoms with van der Waals surface area (Å²) in [6.07, 6.45) is 2.29. The average Bonchev–Trinajstić information content (AvgIpc) is 2.71. The van der Waals surface area contributed by atoms with Gasteiger partial charge in [0.1, 0.15) is 5.75 Å². The van der Waals surface area contributed by atoms with Gasteiger partial charge in [0.25, 0.3) is 0 Å². The average molecular weight is 476 g/mol. The van der Waals surface area contributed by atoms with Crippen LogP contribution in [0.15, 0.2) is 71.1 Å². The van der Waals surface area contributed by atoms with Gasteiger partial charge in [-0.05, 0) is 53.5 Å². The number of rotatable bonds is 2. The molecule has 5 rings (SSSR count). The zero-order valence-electron chi connectivity index (χ0n) is 20.1. The molecule has 5 heteroatoms. The first kappa shape index (κ1) is 22.9. The van der Waals surface area contributed by atoms with Gasteiger partial charge in [-0.25, -0.2) is 0 Å². The Bertz CT molecular complexity index is 1210. The second-order valence-electron chi connectivity index (χ2n) is 11.4. The van der Waals surface area contributed by atoms with Crippen LogP contribution in [0.4, 0.5) is 5.69 Å². The van der Waals surface area contributed by atoms with Crippen LogP contribution >= 0.6 is 11.6 Å². The predicted molar refractivity (Wildman–Crippen MR) is 135 cm³/mol. The topological polar surface area (TPSA) is 57.6 Å². The molecule has 0 bridgehead atoms. The first-order chi connectivity index (χ1) is 16.0. The minimum absolute atomic E-state index is 0.0838. The smallest absolute Gasteiger partial charge is 0.162 e. The summed E-state index contributed by atoms with van der Waals surface area (Å²) in [5.74, 6) is -0.0754. The highest BCUT2D eigenvalue weighted by atomic mass is 35.5. The van der Waals surface area contributed by atoms with E-state index in [0.717, 1.165) is 22.6 Å². The largest absolute Gasteiger partial charge is 0.508 e. The fourth-order valence-electron chi connectivity index (χ4n) is 5.90. The van der Waals surface area contributed by atoms with Gasteiger partial charge in [-0.2, -0.15) is 0 Å². The summed E-state index contributed by atoms with van der Waals surface area (Å²) in [4.78, 5) is 29.6. The lowest BCUT2D eigenvalue weighted by Crippen LogP contribution is -2.44. The number of nitrogens with zero attached hydrogens (tertiary/aromatic N) is 1. The fourth-order valence-corrected chi connectivity index (χ4v) is 6.02. The van der Waals surface area contributed by atoms with Crippen LogP contribution in [0.25, 0.3) is 0 Å². The number of Topliss-reactive ketones (excluding diaryl/α,β-unsaturated/α-hetero) is 2. The molecule has 2 aliphatic carbocycles. The molecule has 0 aromatic heterocycles. The molecular formula is C29H30ClNO3. The number of allylic oxidation sites excluding steroid dienone is 4. The van der Waals surface area contributed by atoms with Gasteiger partial charge in [-0.1, -0.05) is 57.5 Å². The van der Waals surface area contributed by atoms with Crippen LogP contribution in [0, 0.1) is 10.8 Å². The van der Waals surface area contributed by atoms with Crippen molar-refractivity contribution in [3.05, 3.63) is 81.7 Å². The number of anilines is 1. The van der Waals surface area contributed by atoms with Crippen LogP contribution in [0.1, 0.15) is 64.9 Å². The molecule has 2 aromatic carbocycles. The van der Waals surface area contributed by atoms with Crippen molar-refractivity contribution in [2.45, 2.75) is 59.3 Å². The molecule has 4 nitrogen and oxygen atoms in total. The van der Waals surface area contributed by atoms with Gasteiger partial charge in [0.2, 0.25) is 0 Å². The van der Waals surface area contributed by atoms with Crippen molar-refractivity contribution < 1.29 is 14.7 Å². The van der Waals surface area contributed by atoms with Gasteiger partial charge in [0.05, 0.1) is 0 Å². The molecule has 1 heterocycles. The molecule has 1 N–H and O–H groups in total. The van der Waals surface area contributed by atoms with Gasteiger partial charge in [0.15, 0.2) is 11.6 Å². The maximum atomic E-state index is 13.8. The molecule has 0 saturated heterocycles. The third-order valence-electron chi connectivity index (χ3n) is 7.20. The second kappa shape index (κ2) is 7.84. The maximum absolute atomic E-state index is 13.8. The standard InChI is InChI=1S/C29H30ClNO3/c1-28(2)13-21-26(23(33)15-28)25(17-8-10-18(30)11-9-17)27-22(14-29(3,4)16-24(27)34)31(21)19-6-5-7-20(32)12-19/h5-12,25,32H,13-16H2,1-4H3. The van der Waals surface area contributed by atoms with Crippen molar-refractivity contribution in [2.75, 3.05) is 4.90 Å². The predicted octanol–water partition coefficient (Wildman–Crippen LogP) is 6.94. The number of halogens is 1. The Hall–Kier alpha value is -2.85. The van der Waals surface area contributed by atoms with Crippen LogP contribution in [-0.4, -0.2) is 16.7 Å². The number of phenolic OH excluding ortho intramolecular Hbond substituents is 1. The molecule has 34 heavy (non-hydrogen) atoms. The molecule has 0 spiro atoms. The summed E-state index contributed by atoms with van der Waals surface area (Å²) < 4.78 is 0. The quantitative estimate of drug-likeness (QED) is 0.511. The van der Waals surface area contributed by atoms with Gasteiger partial charge < -0.3 is 10.0 Å². The molecule has 0 amide bonds. The van der Waals surface area contributed by atoms with E-state index in [9.17, 15) is 14.7 Å². The zero-order chi connectivity index (χ0) is 24.4. The van der Waals surface area contributed by atoms with E-state index in [1.165, 1.54) is 0 Å². The van der Waals surface area contributed by atoms with Crippen LogP contribution in [0.5, 0.6) is 5.75 Å². The summed E-state index contributed by atoms with van der Waals surface area (Å²) in [6, 6.07) is 14.6. The Kier molecular flexibility index (Phi) is 5.29. The number of hydrogen-bond donors (Lipinski definition) is 1. The highest BCUT2D eigenvalue weighted by molar-refractivity contribution is 6.30. The number of ketones is 2. The summed E-state index contributed by atoms with van der Waals surface area (Å²) in [5, 5.41) is 10.9. The normalized spacial score (nSPS) is 22.1. The van der Waals surface area contributed by atoms with Crippen LogP contribution in [0.2, 0.25) is 5.02 Å². The highest BCUT2D eigenvalue weighted by Crippen LogP contribution is 2.55. The molecule has 0 saturated carbocycles. The summed E-state index contributed by atoms with van der Waals surface area (Å²) in [7, 11) is 0. The van der Waals surface area contributed by atoms with Gasteiger partial charge in [-0.15, -0.1) is 0 Å². The Morgan fingerprint density at radius 3 is 1.85 bits per heavy atom. The number of hydrogen-bond acceptors (Lipinski definition) is 4. The van der Waals surface area contributed by atoms with E-state index in [2.05, 4.69) is 32.6 Å².